The van der Waals surface area contributed by atoms with Gasteiger partial charge in [-0.05, 0) is 49.2 Å². The molecular formula is C24H29N3O4. The van der Waals surface area contributed by atoms with Crippen LogP contribution in [0.1, 0.15) is 30.6 Å². The predicted octanol–water partition coefficient (Wildman–Crippen LogP) is 2.85. The molecule has 1 amide bonds. The maximum atomic E-state index is 13.3. The molecule has 2 unspecified atom stereocenters. The van der Waals surface area contributed by atoms with Gasteiger partial charge in [-0.2, -0.15) is 0 Å². The molecule has 164 valence electrons. The number of carbonyl (C=O) groups is 2. The van der Waals surface area contributed by atoms with E-state index in [1.54, 1.807) is 11.8 Å². The van der Waals surface area contributed by atoms with Crippen LogP contribution in [0.25, 0.3) is 11.1 Å². The lowest BCUT2D eigenvalue weighted by Gasteiger charge is -2.29. The Bertz CT molecular complexity index is 954. The van der Waals surface area contributed by atoms with Crippen LogP contribution in [0.5, 0.6) is 5.75 Å². The van der Waals surface area contributed by atoms with Crippen molar-refractivity contribution in [3.63, 3.8) is 0 Å². The molecule has 0 aromatic heterocycles. The number of nitrogens with zero attached hydrogens (tertiary/aromatic N) is 2. The zero-order chi connectivity index (χ0) is 22.0. The van der Waals surface area contributed by atoms with Crippen molar-refractivity contribution in [2.24, 2.45) is 0 Å². The Balaban J connectivity index is 1.61. The number of nitrogens with one attached hydrogen (secondary N) is 1. The molecule has 7 heteroatoms. The first-order valence-electron chi connectivity index (χ1n) is 10.8. The molecule has 4 rings (SSSR count). The van der Waals surface area contributed by atoms with Crippen molar-refractivity contribution >= 4 is 17.6 Å². The first-order chi connectivity index (χ1) is 14.9. The highest BCUT2D eigenvalue weighted by molar-refractivity contribution is 5.99. The van der Waals surface area contributed by atoms with Gasteiger partial charge in [-0.1, -0.05) is 18.2 Å². The van der Waals surface area contributed by atoms with E-state index < -0.39 is 12.0 Å². The van der Waals surface area contributed by atoms with Crippen molar-refractivity contribution in [2.75, 3.05) is 37.6 Å². The van der Waals surface area contributed by atoms with Crippen LogP contribution >= 0.6 is 0 Å². The highest BCUT2D eigenvalue weighted by Crippen LogP contribution is 2.32. The second-order valence-corrected chi connectivity index (χ2v) is 8.33. The molecule has 2 heterocycles. The van der Waals surface area contributed by atoms with Gasteiger partial charge in [-0.15, -0.1) is 0 Å². The number of amides is 1. The first-order valence-corrected chi connectivity index (χ1v) is 10.8. The monoisotopic (exact) mass is 423 g/mol. The van der Waals surface area contributed by atoms with E-state index in [2.05, 4.69) is 34.5 Å². The molecule has 31 heavy (non-hydrogen) atoms. The lowest BCUT2D eigenvalue weighted by Crippen LogP contribution is -2.43. The van der Waals surface area contributed by atoms with Gasteiger partial charge < -0.3 is 25.0 Å². The average molecular weight is 424 g/mol. The summed E-state index contributed by atoms with van der Waals surface area (Å²) in [6.45, 7) is 7.98. The fourth-order valence-corrected chi connectivity index (χ4v) is 4.28. The summed E-state index contributed by atoms with van der Waals surface area (Å²) in [6.07, 6.45) is -0.313. The number of carbonyl (C=O) groups excluding carboxylic acids is 1. The van der Waals surface area contributed by atoms with E-state index in [9.17, 15) is 9.59 Å². The van der Waals surface area contributed by atoms with Gasteiger partial charge in [-0.3, -0.25) is 9.59 Å². The molecule has 0 bridgehead atoms. The Hall–Kier alpha value is -3.06. The van der Waals surface area contributed by atoms with Gasteiger partial charge >= 0.3 is 5.97 Å². The Kier molecular flexibility index (Phi) is 6.13. The van der Waals surface area contributed by atoms with Gasteiger partial charge in [0, 0.05) is 37.9 Å². The van der Waals surface area contributed by atoms with Gasteiger partial charge in [0.1, 0.15) is 11.9 Å². The Morgan fingerprint density at radius 3 is 2.52 bits per heavy atom. The van der Waals surface area contributed by atoms with Crippen molar-refractivity contribution < 1.29 is 19.4 Å². The third-order valence-electron chi connectivity index (χ3n) is 5.94. The summed E-state index contributed by atoms with van der Waals surface area (Å²) in [7, 11) is 0. The van der Waals surface area contributed by atoms with Crippen LogP contribution in [-0.4, -0.2) is 66.8 Å². The Morgan fingerprint density at radius 2 is 1.84 bits per heavy atom. The summed E-state index contributed by atoms with van der Waals surface area (Å²) in [5.74, 6) is -0.562. The summed E-state index contributed by atoms with van der Waals surface area (Å²) in [5, 5.41) is 12.5. The summed E-state index contributed by atoms with van der Waals surface area (Å²) >= 11 is 0. The van der Waals surface area contributed by atoms with Crippen molar-refractivity contribution in [1.29, 1.82) is 0 Å². The number of anilines is 1. The van der Waals surface area contributed by atoms with Crippen LogP contribution in [-0.2, 0) is 4.79 Å². The largest absolute Gasteiger partial charge is 0.488 e. The van der Waals surface area contributed by atoms with E-state index in [4.69, 9.17) is 9.84 Å². The molecule has 2 aromatic carbocycles. The molecule has 2 N–H and O–H groups in total. The zero-order valence-electron chi connectivity index (χ0n) is 18.0. The molecule has 2 atom stereocenters. The lowest BCUT2D eigenvalue weighted by atomic mass is 10.0. The predicted molar refractivity (Wildman–Crippen MR) is 120 cm³/mol. The molecule has 0 radical (unpaired) electrons. The molecule has 7 nitrogen and oxygen atoms in total. The number of benzene rings is 2. The summed E-state index contributed by atoms with van der Waals surface area (Å²) in [6, 6.07) is 13.6. The molecule has 2 aromatic rings. The molecule has 1 saturated heterocycles. The quantitative estimate of drug-likeness (QED) is 0.770. The molecular weight excluding hydrogens is 394 g/mol. The van der Waals surface area contributed by atoms with Crippen molar-refractivity contribution in [3.8, 4) is 16.9 Å². The number of hydrogen-bond acceptors (Lipinski definition) is 5. The lowest BCUT2D eigenvalue weighted by molar-refractivity contribution is -0.138. The van der Waals surface area contributed by atoms with Crippen LogP contribution < -0.4 is 15.0 Å². The molecule has 2 aliphatic rings. The van der Waals surface area contributed by atoms with E-state index in [1.165, 1.54) is 5.69 Å². The molecule has 2 aliphatic heterocycles. The number of piperazine rings is 1. The topological polar surface area (TPSA) is 82.1 Å². The maximum absolute atomic E-state index is 13.3. The van der Waals surface area contributed by atoms with E-state index in [1.807, 2.05) is 25.1 Å². The number of hydrogen-bond donors (Lipinski definition) is 2. The third-order valence-corrected chi connectivity index (χ3v) is 5.94. The average Bonchev–Trinajstić information content (AvgIpc) is 2.89. The third kappa shape index (κ3) is 4.66. The van der Waals surface area contributed by atoms with Crippen molar-refractivity contribution in [2.45, 2.75) is 32.4 Å². The number of rotatable bonds is 5. The van der Waals surface area contributed by atoms with Crippen LogP contribution in [0.4, 0.5) is 5.69 Å². The number of ether oxygens (including phenoxy) is 1. The fraction of sp³-hybridized carbons (Fsp3) is 0.417. The van der Waals surface area contributed by atoms with Gasteiger partial charge in [0.15, 0.2) is 0 Å². The van der Waals surface area contributed by atoms with Gasteiger partial charge in [-0.25, -0.2) is 0 Å². The van der Waals surface area contributed by atoms with Crippen LogP contribution in [0.3, 0.4) is 0 Å². The van der Waals surface area contributed by atoms with E-state index >= 15 is 0 Å². The van der Waals surface area contributed by atoms with Crippen molar-refractivity contribution in [1.82, 2.24) is 10.2 Å². The minimum atomic E-state index is -0.920. The second kappa shape index (κ2) is 8.98. The maximum Gasteiger partial charge on any atom is 0.305 e. The van der Waals surface area contributed by atoms with E-state index in [-0.39, 0.29) is 18.4 Å². The SMILES string of the molecule is CC1CN(C(C)CC(=O)O)C(=O)c2cc(-c3ccc(N4CCNCC4)cc3)ccc2O1. The summed E-state index contributed by atoms with van der Waals surface area (Å²) in [4.78, 5) is 28.4. The standard InChI is InChI=1S/C24H29N3O4/c1-16(13-23(28)29)27-15-17(2)31-22-8-5-19(14-21(22)24(27)30)18-3-6-20(7-4-18)26-11-9-25-10-12-26/h3-8,14,16-17,25H,9-13,15H2,1-2H3,(H,28,29). The van der Waals surface area contributed by atoms with E-state index in [0.717, 1.165) is 37.3 Å². The highest BCUT2D eigenvalue weighted by Gasteiger charge is 2.31. The van der Waals surface area contributed by atoms with Gasteiger partial charge in [0.25, 0.3) is 5.91 Å². The first kappa shape index (κ1) is 21.2. The van der Waals surface area contributed by atoms with Crippen LogP contribution in [0.2, 0.25) is 0 Å². The smallest absolute Gasteiger partial charge is 0.305 e. The van der Waals surface area contributed by atoms with Gasteiger partial charge in [0.2, 0.25) is 0 Å². The fourth-order valence-electron chi connectivity index (χ4n) is 4.28. The molecule has 0 aliphatic carbocycles. The van der Waals surface area contributed by atoms with Crippen LogP contribution in [0.15, 0.2) is 42.5 Å². The summed E-state index contributed by atoms with van der Waals surface area (Å²) < 4.78 is 5.98. The number of carboxylic acid groups (broad SMARTS) is 1. The minimum absolute atomic E-state index is 0.0963. The Morgan fingerprint density at radius 1 is 1.16 bits per heavy atom. The number of fused-ring (bicyclic) bond motifs is 1. The normalized spacial score (nSPS) is 19.9. The second-order valence-electron chi connectivity index (χ2n) is 8.33. The Labute approximate surface area is 182 Å². The van der Waals surface area contributed by atoms with Crippen molar-refractivity contribution in [3.05, 3.63) is 48.0 Å². The number of carboxylic acids is 1. The molecule has 1 fully saturated rings. The minimum Gasteiger partial charge on any atom is -0.488 e. The number of aliphatic carboxylic acids is 1. The molecule has 0 spiro atoms. The zero-order valence-corrected chi connectivity index (χ0v) is 18.0. The van der Waals surface area contributed by atoms with Crippen LogP contribution in [0, 0.1) is 0 Å². The highest BCUT2D eigenvalue weighted by atomic mass is 16.5. The summed E-state index contributed by atoms with van der Waals surface area (Å²) in [5.41, 5.74) is 3.63. The molecule has 0 saturated carbocycles. The van der Waals surface area contributed by atoms with Gasteiger partial charge in [0.05, 0.1) is 18.5 Å². The van der Waals surface area contributed by atoms with E-state index in [0.29, 0.717) is 17.9 Å².